The number of hydrogen-bond acceptors (Lipinski definition) is 3. The summed E-state index contributed by atoms with van der Waals surface area (Å²) in [6, 6.07) is 8.33. The molecule has 1 aliphatic heterocycles. The summed E-state index contributed by atoms with van der Waals surface area (Å²) in [5, 5.41) is 4.96. The molecule has 0 radical (unpaired) electrons. The number of nitrogens with one attached hydrogen (secondary N) is 2. The van der Waals surface area contributed by atoms with Gasteiger partial charge >= 0.3 is 0 Å². The van der Waals surface area contributed by atoms with Crippen molar-refractivity contribution in [2.45, 2.75) is 24.5 Å². The second-order valence-corrected chi connectivity index (χ2v) is 8.14. The van der Waals surface area contributed by atoms with Crippen molar-refractivity contribution in [3.63, 3.8) is 0 Å². The highest BCUT2D eigenvalue weighted by atomic mass is 32.2. The molecule has 1 aromatic heterocycles. The summed E-state index contributed by atoms with van der Waals surface area (Å²) in [6.45, 7) is 0.823. The molecule has 0 saturated carbocycles. The van der Waals surface area contributed by atoms with Crippen molar-refractivity contribution < 1.29 is 4.79 Å². The molecular weight excluding hydrogens is 312 g/mol. The second kappa shape index (κ2) is 7.97. The Kier molecular flexibility index (Phi) is 5.73. The fraction of sp³-hybridized carbons (Fsp3) is 0.471. The van der Waals surface area contributed by atoms with Crippen molar-refractivity contribution in [3.8, 4) is 0 Å². The Hall–Kier alpha value is -1.07. The number of rotatable bonds is 6. The smallest absolute Gasteiger partial charge is 0.220 e. The Labute approximate surface area is 140 Å². The normalized spacial score (nSPS) is 18.5. The summed E-state index contributed by atoms with van der Waals surface area (Å²) in [5.41, 5.74) is 2.48. The third-order valence-electron chi connectivity index (χ3n) is 3.94. The maximum Gasteiger partial charge on any atom is 0.220 e. The maximum atomic E-state index is 11.9. The highest BCUT2D eigenvalue weighted by molar-refractivity contribution is 8.06. The van der Waals surface area contributed by atoms with Crippen LogP contribution in [0.25, 0.3) is 10.9 Å². The third kappa shape index (κ3) is 4.23. The fourth-order valence-corrected chi connectivity index (χ4v) is 5.36. The van der Waals surface area contributed by atoms with E-state index in [1.807, 2.05) is 29.6 Å². The number of fused-ring (bicyclic) bond motifs is 1. The van der Waals surface area contributed by atoms with Crippen LogP contribution >= 0.6 is 23.5 Å². The molecule has 1 amide bonds. The van der Waals surface area contributed by atoms with E-state index in [0.29, 0.717) is 11.7 Å². The van der Waals surface area contributed by atoms with Gasteiger partial charge in [-0.2, -0.15) is 23.5 Å². The lowest BCUT2D eigenvalue weighted by atomic mass is 10.1. The van der Waals surface area contributed by atoms with Gasteiger partial charge in [-0.05, 0) is 24.5 Å². The molecule has 1 aromatic carbocycles. The zero-order valence-electron chi connectivity index (χ0n) is 12.6. The van der Waals surface area contributed by atoms with Crippen LogP contribution in [0.1, 0.15) is 18.4 Å². The SMILES string of the molecule is O=C(CCCc1c[nH]c2ccccc12)NC[C@H]1CSCCS1. The number of aromatic amines is 1. The Morgan fingerprint density at radius 1 is 1.32 bits per heavy atom. The van der Waals surface area contributed by atoms with E-state index >= 15 is 0 Å². The van der Waals surface area contributed by atoms with Gasteiger partial charge in [-0.3, -0.25) is 4.79 Å². The van der Waals surface area contributed by atoms with E-state index in [4.69, 9.17) is 0 Å². The number of para-hydroxylation sites is 1. The van der Waals surface area contributed by atoms with E-state index < -0.39 is 0 Å². The molecule has 22 heavy (non-hydrogen) atoms. The highest BCUT2D eigenvalue weighted by Gasteiger charge is 2.15. The molecule has 118 valence electrons. The van der Waals surface area contributed by atoms with Gasteiger partial charge in [0, 0.05) is 52.6 Å². The van der Waals surface area contributed by atoms with Crippen LogP contribution in [0.2, 0.25) is 0 Å². The van der Waals surface area contributed by atoms with E-state index in [0.717, 1.165) is 19.4 Å². The molecule has 3 rings (SSSR count). The lowest BCUT2D eigenvalue weighted by molar-refractivity contribution is -0.121. The van der Waals surface area contributed by atoms with Gasteiger partial charge in [0.05, 0.1) is 0 Å². The number of benzene rings is 1. The third-order valence-corrected chi connectivity index (χ3v) is 6.78. The summed E-state index contributed by atoms with van der Waals surface area (Å²) in [4.78, 5) is 15.2. The predicted octanol–water partition coefficient (Wildman–Crippen LogP) is 3.46. The number of carbonyl (C=O) groups is 1. The van der Waals surface area contributed by atoms with Crippen molar-refractivity contribution in [2.24, 2.45) is 0 Å². The average Bonchev–Trinajstić information content (AvgIpc) is 2.97. The first-order valence-corrected chi connectivity index (χ1v) is 10.0. The number of H-pyrrole nitrogens is 1. The van der Waals surface area contributed by atoms with Gasteiger partial charge in [0.2, 0.25) is 5.91 Å². The molecule has 1 fully saturated rings. The first kappa shape index (κ1) is 15.8. The van der Waals surface area contributed by atoms with Crippen LogP contribution in [0.4, 0.5) is 0 Å². The van der Waals surface area contributed by atoms with Crippen LogP contribution in [0, 0.1) is 0 Å². The van der Waals surface area contributed by atoms with Crippen LogP contribution in [0.3, 0.4) is 0 Å². The predicted molar refractivity (Wildman–Crippen MR) is 97.8 cm³/mol. The number of aryl methyl sites for hydroxylation is 1. The number of thioether (sulfide) groups is 2. The van der Waals surface area contributed by atoms with Gasteiger partial charge in [-0.25, -0.2) is 0 Å². The lowest BCUT2D eigenvalue weighted by Gasteiger charge is -2.21. The second-order valence-electron chi connectivity index (χ2n) is 5.58. The van der Waals surface area contributed by atoms with Crippen LogP contribution in [0.15, 0.2) is 30.5 Å². The van der Waals surface area contributed by atoms with Gasteiger partial charge < -0.3 is 10.3 Å². The summed E-state index contributed by atoms with van der Waals surface area (Å²) in [7, 11) is 0. The number of aromatic nitrogens is 1. The average molecular weight is 335 g/mol. The minimum Gasteiger partial charge on any atom is -0.361 e. The van der Waals surface area contributed by atoms with E-state index in [2.05, 4.69) is 34.7 Å². The molecule has 2 heterocycles. The molecule has 3 nitrogen and oxygen atoms in total. The maximum absolute atomic E-state index is 11.9. The van der Waals surface area contributed by atoms with Gasteiger partial charge in [-0.1, -0.05) is 18.2 Å². The van der Waals surface area contributed by atoms with Crippen molar-refractivity contribution in [1.82, 2.24) is 10.3 Å². The van der Waals surface area contributed by atoms with Gasteiger partial charge in [0.15, 0.2) is 0 Å². The number of amides is 1. The topological polar surface area (TPSA) is 44.9 Å². The van der Waals surface area contributed by atoms with E-state index in [-0.39, 0.29) is 5.91 Å². The minimum absolute atomic E-state index is 0.191. The Balaban J connectivity index is 1.40. The van der Waals surface area contributed by atoms with Crippen molar-refractivity contribution in [2.75, 3.05) is 23.8 Å². The molecule has 2 aromatic rings. The highest BCUT2D eigenvalue weighted by Crippen LogP contribution is 2.23. The molecule has 0 spiro atoms. The van der Waals surface area contributed by atoms with Crippen molar-refractivity contribution in [1.29, 1.82) is 0 Å². The summed E-state index contributed by atoms with van der Waals surface area (Å²) in [6.07, 6.45) is 4.54. The molecule has 0 aliphatic carbocycles. The monoisotopic (exact) mass is 334 g/mol. The summed E-state index contributed by atoms with van der Waals surface area (Å²) in [5.74, 6) is 3.82. The van der Waals surface area contributed by atoms with Gasteiger partial charge in [0.25, 0.3) is 0 Å². The summed E-state index contributed by atoms with van der Waals surface area (Å²) < 4.78 is 0. The van der Waals surface area contributed by atoms with Crippen LogP contribution in [0.5, 0.6) is 0 Å². The van der Waals surface area contributed by atoms with Crippen molar-refractivity contribution in [3.05, 3.63) is 36.0 Å². The zero-order chi connectivity index (χ0) is 15.2. The van der Waals surface area contributed by atoms with E-state index in [1.54, 1.807) is 0 Å². The Bertz CT molecular complexity index is 620. The summed E-state index contributed by atoms with van der Waals surface area (Å²) >= 11 is 3.99. The molecule has 5 heteroatoms. The zero-order valence-corrected chi connectivity index (χ0v) is 14.3. The van der Waals surface area contributed by atoms with Crippen molar-refractivity contribution >= 4 is 40.3 Å². The Morgan fingerprint density at radius 2 is 2.23 bits per heavy atom. The quantitative estimate of drug-likeness (QED) is 0.850. The van der Waals surface area contributed by atoms with E-state index in [9.17, 15) is 4.79 Å². The first-order chi connectivity index (χ1) is 10.8. The van der Waals surface area contributed by atoms with E-state index in [1.165, 1.54) is 33.7 Å². The molecule has 1 atom stereocenters. The molecule has 1 saturated heterocycles. The molecule has 1 aliphatic rings. The number of carbonyl (C=O) groups excluding carboxylic acids is 1. The van der Waals surface area contributed by atoms with Crippen LogP contribution < -0.4 is 5.32 Å². The Morgan fingerprint density at radius 3 is 3.09 bits per heavy atom. The first-order valence-electron chi connectivity index (χ1n) is 7.84. The van der Waals surface area contributed by atoms with Gasteiger partial charge in [-0.15, -0.1) is 0 Å². The standard InChI is InChI=1S/C17H22N2OS2/c20-17(19-11-14-12-21-8-9-22-14)7-3-4-13-10-18-16-6-2-1-5-15(13)16/h1-2,5-6,10,14,18H,3-4,7-9,11-12H2,(H,19,20)/t14-/m0/s1. The minimum atomic E-state index is 0.191. The van der Waals surface area contributed by atoms with Gasteiger partial charge in [0.1, 0.15) is 0 Å². The molecule has 0 unspecified atom stereocenters. The fourth-order valence-electron chi connectivity index (χ4n) is 2.75. The largest absolute Gasteiger partial charge is 0.361 e. The lowest BCUT2D eigenvalue weighted by Crippen LogP contribution is -2.33. The number of hydrogen-bond donors (Lipinski definition) is 2. The van der Waals surface area contributed by atoms with Crippen LogP contribution in [-0.4, -0.2) is 39.9 Å². The molecular formula is C17H22N2OS2. The molecule has 0 bridgehead atoms. The van der Waals surface area contributed by atoms with Crippen LogP contribution in [-0.2, 0) is 11.2 Å². The molecule has 2 N–H and O–H groups in total.